The van der Waals surface area contributed by atoms with Crippen molar-refractivity contribution in [3.63, 3.8) is 0 Å². The van der Waals surface area contributed by atoms with Crippen LogP contribution in [0, 0.1) is 0 Å². The van der Waals surface area contributed by atoms with Gasteiger partial charge in [0.25, 0.3) is 0 Å². The number of halogens is 3. The van der Waals surface area contributed by atoms with Gasteiger partial charge in [-0.1, -0.05) is 23.1 Å². The van der Waals surface area contributed by atoms with Gasteiger partial charge >= 0.3 is 6.36 Å². The molecule has 33 heavy (non-hydrogen) atoms. The van der Waals surface area contributed by atoms with Gasteiger partial charge in [-0.15, -0.1) is 33.6 Å². The van der Waals surface area contributed by atoms with E-state index in [4.69, 9.17) is 9.15 Å². The zero-order valence-electron chi connectivity index (χ0n) is 17.2. The Balaban J connectivity index is 1.36. The molecule has 0 bridgehead atoms. The second kappa shape index (κ2) is 9.67. The number of methoxy groups -OCH3 is 1. The van der Waals surface area contributed by atoms with Gasteiger partial charge in [0.05, 0.1) is 12.4 Å². The Hall–Kier alpha value is -3.32. The van der Waals surface area contributed by atoms with Crippen LogP contribution in [0.3, 0.4) is 0 Å². The molecule has 0 spiro atoms. The molecule has 1 N–H and O–H groups in total. The van der Waals surface area contributed by atoms with Gasteiger partial charge < -0.3 is 19.2 Å². The van der Waals surface area contributed by atoms with E-state index < -0.39 is 6.36 Å². The fourth-order valence-corrected chi connectivity index (χ4v) is 4.57. The molecule has 4 rings (SSSR count). The minimum Gasteiger partial charge on any atom is -0.497 e. The average molecular weight is 496 g/mol. The molecule has 0 amide bonds. The van der Waals surface area contributed by atoms with E-state index in [-0.39, 0.29) is 11.0 Å². The van der Waals surface area contributed by atoms with E-state index in [1.54, 1.807) is 7.11 Å². The maximum Gasteiger partial charge on any atom is 0.573 e. The van der Waals surface area contributed by atoms with Gasteiger partial charge in [-0.25, -0.2) is 0 Å². The van der Waals surface area contributed by atoms with E-state index in [2.05, 4.69) is 30.4 Å². The largest absolute Gasteiger partial charge is 0.573 e. The van der Waals surface area contributed by atoms with Crippen LogP contribution in [-0.2, 0) is 0 Å². The van der Waals surface area contributed by atoms with E-state index in [1.165, 1.54) is 47.4 Å². The zero-order chi connectivity index (χ0) is 23.4. The first kappa shape index (κ1) is 22.9. The maximum absolute atomic E-state index is 12.3. The van der Waals surface area contributed by atoms with E-state index >= 15 is 0 Å². The molecule has 2 aromatic heterocycles. The summed E-state index contributed by atoms with van der Waals surface area (Å²) in [6.45, 7) is 1.91. The summed E-state index contributed by atoms with van der Waals surface area (Å²) < 4.78 is 52.2. The SMILES string of the molecule is COc1ccc(-c2nnc(C(C)Sc3nnc(Nc4ccc(OC(F)(F)F)cc4)s3)o2)cc1. The highest BCUT2D eigenvalue weighted by Gasteiger charge is 2.31. The Morgan fingerprint density at radius 2 is 1.67 bits per heavy atom. The zero-order valence-corrected chi connectivity index (χ0v) is 18.8. The van der Waals surface area contributed by atoms with Crippen molar-refractivity contribution in [2.45, 2.75) is 22.9 Å². The first-order valence-electron chi connectivity index (χ1n) is 9.40. The molecule has 0 fully saturated rings. The van der Waals surface area contributed by atoms with Crippen LogP contribution < -0.4 is 14.8 Å². The van der Waals surface area contributed by atoms with Gasteiger partial charge in [0.15, 0.2) is 4.34 Å². The summed E-state index contributed by atoms with van der Waals surface area (Å²) in [5.41, 5.74) is 1.33. The average Bonchev–Trinajstić information content (AvgIpc) is 3.44. The first-order chi connectivity index (χ1) is 15.8. The Bertz CT molecular complexity index is 1200. The van der Waals surface area contributed by atoms with E-state index in [0.717, 1.165) is 11.3 Å². The molecule has 0 aliphatic rings. The number of alkyl halides is 3. The fourth-order valence-electron chi connectivity index (χ4n) is 2.62. The Kier molecular flexibility index (Phi) is 6.70. The lowest BCUT2D eigenvalue weighted by Crippen LogP contribution is -2.16. The molecule has 0 radical (unpaired) electrons. The lowest BCUT2D eigenvalue weighted by atomic mass is 10.2. The van der Waals surface area contributed by atoms with Gasteiger partial charge in [-0.2, -0.15) is 0 Å². The summed E-state index contributed by atoms with van der Waals surface area (Å²) in [4.78, 5) is 0. The highest BCUT2D eigenvalue weighted by molar-refractivity contribution is 8.01. The third-order valence-electron chi connectivity index (χ3n) is 4.15. The number of thioether (sulfide) groups is 1. The van der Waals surface area contributed by atoms with Crippen molar-refractivity contribution < 1.29 is 27.1 Å². The third-order valence-corrected chi connectivity index (χ3v) is 6.16. The number of rotatable bonds is 8. The van der Waals surface area contributed by atoms with Crippen molar-refractivity contribution in [1.29, 1.82) is 0 Å². The van der Waals surface area contributed by atoms with Crippen molar-refractivity contribution in [3.8, 4) is 23.0 Å². The topological polar surface area (TPSA) is 95.2 Å². The van der Waals surface area contributed by atoms with E-state index in [1.807, 2.05) is 31.2 Å². The summed E-state index contributed by atoms with van der Waals surface area (Å²) >= 11 is 2.68. The van der Waals surface area contributed by atoms with Crippen molar-refractivity contribution >= 4 is 33.9 Å². The van der Waals surface area contributed by atoms with E-state index in [9.17, 15) is 13.2 Å². The van der Waals surface area contributed by atoms with Gasteiger partial charge in [0.2, 0.25) is 16.9 Å². The standard InChI is InChI=1S/C20H16F3N5O3S2/c1-11(16-25-26-17(30-16)12-3-7-14(29-2)8-4-12)32-19-28-27-18(33-19)24-13-5-9-15(10-6-13)31-20(21,22)23/h3-11H,1-2H3,(H,24,27). The van der Waals surface area contributed by atoms with Gasteiger partial charge in [-0.3, -0.25) is 0 Å². The van der Waals surface area contributed by atoms with Crippen molar-refractivity contribution in [2.75, 3.05) is 12.4 Å². The lowest BCUT2D eigenvalue weighted by Gasteiger charge is -2.09. The van der Waals surface area contributed by atoms with Crippen LogP contribution in [0.2, 0.25) is 0 Å². The number of aromatic nitrogens is 4. The summed E-state index contributed by atoms with van der Waals surface area (Å²) in [6.07, 6.45) is -4.73. The van der Waals surface area contributed by atoms with E-state index in [0.29, 0.717) is 26.9 Å². The van der Waals surface area contributed by atoms with Crippen molar-refractivity contribution in [3.05, 3.63) is 54.4 Å². The Morgan fingerprint density at radius 3 is 2.33 bits per heavy atom. The molecule has 0 saturated heterocycles. The summed E-state index contributed by atoms with van der Waals surface area (Å²) in [5.74, 6) is 1.27. The van der Waals surface area contributed by atoms with Crippen LogP contribution >= 0.6 is 23.1 Å². The number of nitrogens with zero attached hydrogens (tertiary/aromatic N) is 4. The number of hydrogen-bond acceptors (Lipinski definition) is 10. The summed E-state index contributed by atoms with van der Waals surface area (Å²) in [5, 5.41) is 19.7. The molecule has 1 unspecified atom stereocenters. The van der Waals surface area contributed by atoms with Crippen LogP contribution in [0.5, 0.6) is 11.5 Å². The molecule has 172 valence electrons. The molecule has 2 heterocycles. The Labute approximate surface area is 194 Å². The van der Waals surface area contributed by atoms with Gasteiger partial charge in [-0.05, 0) is 55.5 Å². The predicted molar refractivity (Wildman–Crippen MR) is 117 cm³/mol. The molecule has 8 nitrogen and oxygen atoms in total. The van der Waals surface area contributed by atoms with Crippen molar-refractivity contribution in [1.82, 2.24) is 20.4 Å². The molecular weight excluding hydrogens is 479 g/mol. The van der Waals surface area contributed by atoms with Gasteiger partial charge in [0, 0.05) is 11.3 Å². The highest BCUT2D eigenvalue weighted by Crippen LogP contribution is 2.38. The quantitative estimate of drug-likeness (QED) is 0.291. The molecule has 1 atom stereocenters. The number of benzene rings is 2. The lowest BCUT2D eigenvalue weighted by molar-refractivity contribution is -0.274. The highest BCUT2D eigenvalue weighted by atomic mass is 32.2. The van der Waals surface area contributed by atoms with Gasteiger partial charge in [0.1, 0.15) is 11.5 Å². The van der Waals surface area contributed by atoms with Crippen LogP contribution in [0.25, 0.3) is 11.5 Å². The smallest absolute Gasteiger partial charge is 0.497 e. The minimum absolute atomic E-state index is 0.177. The molecule has 0 aliphatic heterocycles. The summed E-state index contributed by atoms with van der Waals surface area (Å²) in [7, 11) is 1.59. The Morgan fingerprint density at radius 1 is 0.970 bits per heavy atom. The fraction of sp³-hybridized carbons (Fsp3) is 0.200. The van der Waals surface area contributed by atoms with Crippen LogP contribution in [0.4, 0.5) is 24.0 Å². The first-order valence-corrected chi connectivity index (χ1v) is 11.1. The van der Waals surface area contributed by atoms with Crippen LogP contribution in [0.1, 0.15) is 18.1 Å². The molecule has 0 aliphatic carbocycles. The molecule has 13 heteroatoms. The number of hydrogen-bond donors (Lipinski definition) is 1. The second-order valence-corrected chi connectivity index (χ2v) is 9.07. The monoisotopic (exact) mass is 495 g/mol. The molecule has 4 aromatic rings. The van der Waals surface area contributed by atoms with Crippen molar-refractivity contribution in [2.24, 2.45) is 0 Å². The maximum atomic E-state index is 12.3. The minimum atomic E-state index is -4.73. The number of nitrogens with one attached hydrogen (secondary N) is 1. The third kappa shape index (κ3) is 6.14. The second-order valence-electron chi connectivity index (χ2n) is 6.50. The number of ether oxygens (including phenoxy) is 2. The normalized spacial score (nSPS) is 12.4. The van der Waals surface area contributed by atoms with Crippen LogP contribution in [-0.4, -0.2) is 33.9 Å². The molecule has 0 saturated carbocycles. The predicted octanol–water partition coefficient (Wildman–Crippen LogP) is 6.09. The van der Waals surface area contributed by atoms with Crippen LogP contribution in [0.15, 0.2) is 57.3 Å². The molecule has 2 aromatic carbocycles. The number of anilines is 2. The molecular formula is C20H16F3N5O3S2. The summed E-state index contributed by atoms with van der Waals surface area (Å²) in [6, 6.07) is 12.6.